The minimum absolute atomic E-state index is 0.0462. The van der Waals surface area contributed by atoms with Crippen LogP contribution in [0.5, 0.6) is 0 Å². The van der Waals surface area contributed by atoms with Gasteiger partial charge in [0.05, 0.1) is 20.0 Å². The van der Waals surface area contributed by atoms with Crippen LogP contribution in [0.2, 0.25) is 5.28 Å². The second-order valence-electron chi connectivity index (χ2n) is 6.00. The molecule has 0 spiro atoms. The summed E-state index contributed by atoms with van der Waals surface area (Å²) in [7, 11) is -4.13. The van der Waals surface area contributed by atoms with E-state index in [0.29, 0.717) is 0 Å². The number of imidazole rings is 1. The van der Waals surface area contributed by atoms with Gasteiger partial charge in [-0.25, -0.2) is 14.2 Å². The number of carbonyl (C=O) groups excluding carboxylic acids is 1. The van der Waals surface area contributed by atoms with Crippen LogP contribution in [0.15, 0.2) is 6.33 Å². The first kappa shape index (κ1) is 21.8. The van der Waals surface area contributed by atoms with E-state index in [4.69, 9.17) is 26.8 Å². The molecule has 5 N–H and O–H groups in total. The van der Waals surface area contributed by atoms with Gasteiger partial charge in [-0.05, 0) is 11.6 Å². The molecule has 1 saturated heterocycles. The number of aliphatic hydroxyl groups is 1. The van der Waals surface area contributed by atoms with Gasteiger partial charge in [0.25, 0.3) is 5.85 Å². The van der Waals surface area contributed by atoms with Crippen LogP contribution in [0.1, 0.15) is 6.23 Å². The molecule has 1 aliphatic heterocycles. The zero-order chi connectivity index (χ0) is 21.5. The number of alkyl halides is 1. The fourth-order valence-electron chi connectivity index (χ4n) is 2.75. The number of ether oxygens (including phenoxy) is 3. The molecule has 0 amide bonds. The van der Waals surface area contributed by atoms with E-state index in [0.717, 1.165) is 18.0 Å². The van der Waals surface area contributed by atoms with Gasteiger partial charge in [-0.3, -0.25) is 9.13 Å². The van der Waals surface area contributed by atoms with Crippen molar-refractivity contribution in [2.45, 2.75) is 30.5 Å². The molecule has 5 atom stereocenters. The Hall–Kier alpha value is -1.93. The Morgan fingerprint density at radius 2 is 2.21 bits per heavy atom. The monoisotopic (exact) mass is 455 g/mol. The molecule has 160 valence electrons. The van der Waals surface area contributed by atoms with Crippen LogP contribution >= 0.6 is 19.2 Å². The number of nitrogens with zero attached hydrogens (tertiary/aromatic N) is 4. The molecule has 2 aromatic heterocycles. The van der Waals surface area contributed by atoms with E-state index in [9.17, 15) is 28.6 Å². The molecule has 1 fully saturated rings. The SMILES string of the molecule is COC(=O)C(OC[C@H]1O[C@@H](n2cnc3c(N)nc(Cl)nc32)[C@@H](F)[C@@H]1O)P(=O)(O)O. The summed E-state index contributed by atoms with van der Waals surface area (Å²) in [6, 6.07) is 0. The summed E-state index contributed by atoms with van der Waals surface area (Å²) in [6.07, 6.45) is -5.39. The number of aromatic nitrogens is 4. The fraction of sp³-hybridized carbons (Fsp3) is 0.538. The maximum absolute atomic E-state index is 14.7. The average Bonchev–Trinajstić information content (AvgIpc) is 3.16. The molecule has 1 unspecified atom stereocenters. The first-order valence-corrected chi connectivity index (χ1v) is 9.98. The number of rotatable bonds is 6. The highest BCUT2D eigenvalue weighted by Crippen LogP contribution is 2.43. The van der Waals surface area contributed by atoms with E-state index in [1.807, 2.05) is 0 Å². The van der Waals surface area contributed by atoms with E-state index >= 15 is 0 Å². The number of esters is 1. The highest BCUT2D eigenvalue weighted by Gasteiger charge is 2.47. The lowest BCUT2D eigenvalue weighted by Crippen LogP contribution is -2.35. The Morgan fingerprint density at radius 1 is 1.52 bits per heavy atom. The lowest BCUT2D eigenvalue weighted by Gasteiger charge is -2.20. The molecule has 0 saturated carbocycles. The van der Waals surface area contributed by atoms with Gasteiger partial charge in [-0.2, -0.15) is 9.97 Å². The summed E-state index contributed by atoms with van der Waals surface area (Å²) >= 11 is 5.76. The molecular formula is C13H16ClFN5O8P. The van der Waals surface area contributed by atoms with Gasteiger partial charge in [-0.1, -0.05) is 0 Å². The molecule has 2 aromatic rings. The number of methoxy groups -OCH3 is 1. The van der Waals surface area contributed by atoms with E-state index in [1.54, 1.807) is 0 Å². The van der Waals surface area contributed by atoms with Crippen LogP contribution in [-0.2, 0) is 23.6 Å². The lowest BCUT2D eigenvalue weighted by molar-refractivity contribution is -0.152. The molecule has 1 aliphatic rings. The van der Waals surface area contributed by atoms with Crippen molar-refractivity contribution in [1.29, 1.82) is 0 Å². The van der Waals surface area contributed by atoms with Crippen molar-refractivity contribution < 1.29 is 42.9 Å². The summed E-state index contributed by atoms with van der Waals surface area (Å²) in [5.74, 6) is -3.63. The normalized spacial score (nSPS) is 26.0. The molecule has 0 radical (unpaired) electrons. The molecule has 3 rings (SSSR count). The molecule has 3 heterocycles. The van der Waals surface area contributed by atoms with E-state index < -0.39 is 50.6 Å². The zero-order valence-electron chi connectivity index (χ0n) is 14.6. The van der Waals surface area contributed by atoms with Crippen LogP contribution in [-0.4, -0.2) is 78.3 Å². The predicted octanol–water partition coefficient (Wildman–Crippen LogP) is -0.648. The Balaban J connectivity index is 1.81. The minimum atomic E-state index is -5.04. The van der Waals surface area contributed by atoms with Crippen LogP contribution < -0.4 is 5.73 Å². The van der Waals surface area contributed by atoms with Crippen molar-refractivity contribution in [2.24, 2.45) is 0 Å². The summed E-state index contributed by atoms with van der Waals surface area (Å²) in [5, 5.41) is 9.90. The number of halogens is 2. The van der Waals surface area contributed by atoms with E-state index in [-0.39, 0.29) is 22.3 Å². The number of hydrogen-bond donors (Lipinski definition) is 4. The summed E-state index contributed by atoms with van der Waals surface area (Å²) in [6.45, 7) is -0.715. The summed E-state index contributed by atoms with van der Waals surface area (Å²) < 4.78 is 41.8. The number of anilines is 1. The topological polar surface area (TPSA) is 192 Å². The zero-order valence-corrected chi connectivity index (χ0v) is 16.3. The van der Waals surface area contributed by atoms with Crippen LogP contribution in [0.25, 0.3) is 11.2 Å². The quantitative estimate of drug-likeness (QED) is 0.245. The number of nitrogens with two attached hydrogens (primary N) is 1. The van der Waals surface area contributed by atoms with Crippen molar-refractivity contribution in [3.05, 3.63) is 11.6 Å². The number of nitrogen functional groups attached to an aromatic ring is 1. The molecule has 0 bridgehead atoms. The van der Waals surface area contributed by atoms with Crippen LogP contribution in [0, 0.1) is 0 Å². The predicted molar refractivity (Wildman–Crippen MR) is 93.4 cm³/mol. The molecular weight excluding hydrogens is 440 g/mol. The highest BCUT2D eigenvalue weighted by molar-refractivity contribution is 7.53. The molecule has 29 heavy (non-hydrogen) atoms. The standard InChI is InChI=1S/C13H16ClFN5O8P/c1-26-11(22)12(29(23,24)25)27-2-4-7(21)5(15)10(28-4)20-3-17-6-8(16)18-13(14)19-9(6)20/h3-5,7,10,12,21H,2H2,1H3,(H2,16,18,19)(H2,23,24,25)/t4-,5+,7-,10-,12?/m1/s1. The van der Waals surface area contributed by atoms with E-state index in [2.05, 4.69) is 19.7 Å². The Bertz CT molecular complexity index is 972. The van der Waals surface area contributed by atoms with Crippen molar-refractivity contribution in [2.75, 3.05) is 19.5 Å². The van der Waals surface area contributed by atoms with Crippen LogP contribution in [0.4, 0.5) is 10.2 Å². The molecule has 0 aliphatic carbocycles. The third-order valence-corrected chi connectivity index (χ3v) is 5.26. The number of hydrogen-bond acceptors (Lipinski definition) is 10. The van der Waals surface area contributed by atoms with Crippen molar-refractivity contribution in [1.82, 2.24) is 19.5 Å². The van der Waals surface area contributed by atoms with Crippen LogP contribution in [0.3, 0.4) is 0 Å². The average molecular weight is 456 g/mol. The molecule has 0 aromatic carbocycles. The molecule has 13 nitrogen and oxygen atoms in total. The van der Waals surface area contributed by atoms with Gasteiger partial charge in [-0.15, -0.1) is 0 Å². The first-order valence-electron chi connectivity index (χ1n) is 7.92. The van der Waals surface area contributed by atoms with E-state index in [1.165, 1.54) is 0 Å². The second-order valence-corrected chi connectivity index (χ2v) is 7.99. The number of fused-ring (bicyclic) bond motifs is 1. The number of aliphatic hydroxyl groups excluding tert-OH is 1. The van der Waals surface area contributed by atoms with Gasteiger partial charge >= 0.3 is 13.6 Å². The maximum atomic E-state index is 14.7. The summed E-state index contributed by atoms with van der Waals surface area (Å²) in [5.41, 5.74) is 5.87. The minimum Gasteiger partial charge on any atom is -0.467 e. The Morgan fingerprint density at radius 3 is 2.83 bits per heavy atom. The smallest absolute Gasteiger partial charge is 0.365 e. The Labute approximate surface area is 166 Å². The van der Waals surface area contributed by atoms with Gasteiger partial charge in [0, 0.05) is 0 Å². The van der Waals surface area contributed by atoms with Gasteiger partial charge in [0.2, 0.25) is 5.28 Å². The maximum Gasteiger partial charge on any atom is 0.365 e. The largest absolute Gasteiger partial charge is 0.467 e. The molecule has 16 heteroatoms. The Kier molecular flexibility index (Phi) is 6.06. The summed E-state index contributed by atoms with van der Waals surface area (Å²) in [4.78, 5) is 41.5. The van der Waals surface area contributed by atoms with Crippen molar-refractivity contribution in [3.8, 4) is 0 Å². The lowest BCUT2D eigenvalue weighted by atomic mass is 10.1. The van der Waals surface area contributed by atoms with Gasteiger partial charge < -0.3 is 34.8 Å². The highest BCUT2D eigenvalue weighted by atomic mass is 35.5. The van der Waals surface area contributed by atoms with Crippen molar-refractivity contribution >= 4 is 42.1 Å². The van der Waals surface area contributed by atoms with Gasteiger partial charge in [0.15, 0.2) is 23.9 Å². The fourth-order valence-corrected chi connectivity index (χ4v) is 3.58. The third-order valence-electron chi connectivity index (χ3n) is 4.12. The third kappa shape index (κ3) is 4.19. The number of carbonyl (C=O) groups is 1. The first-order chi connectivity index (χ1) is 13.5. The van der Waals surface area contributed by atoms with Gasteiger partial charge in [0.1, 0.15) is 17.7 Å². The van der Waals surface area contributed by atoms with Crippen molar-refractivity contribution in [3.63, 3.8) is 0 Å². The second kappa shape index (κ2) is 8.07.